The predicted octanol–water partition coefficient (Wildman–Crippen LogP) is 9.91. The van der Waals surface area contributed by atoms with Crippen LogP contribution in [0.2, 0.25) is 6.04 Å². The third-order valence-electron chi connectivity index (χ3n) is 13.4. The highest BCUT2D eigenvalue weighted by atomic mass is 28.4. The Labute approximate surface area is 276 Å². The first-order valence-electron chi connectivity index (χ1n) is 18.7. The van der Waals surface area contributed by atoms with Crippen LogP contribution in [0.3, 0.4) is 0 Å². The number of allylic oxidation sites excluding steroid dienone is 1. The molecule has 6 rings (SSSR count). The molecule has 3 fully saturated rings. The highest BCUT2D eigenvalue weighted by Gasteiger charge is 2.60. The van der Waals surface area contributed by atoms with Gasteiger partial charge in [-0.1, -0.05) is 126 Å². The van der Waals surface area contributed by atoms with Crippen LogP contribution in [0.4, 0.5) is 0 Å². The Bertz CT molecular complexity index is 1280. The van der Waals surface area contributed by atoms with Crippen molar-refractivity contribution in [3.63, 3.8) is 0 Å². The lowest BCUT2D eigenvalue weighted by Gasteiger charge is -2.58. The van der Waals surface area contributed by atoms with Crippen LogP contribution in [0, 0.1) is 40.4 Å². The van der Waals surface area contributed by atoms with E-state index in [0.717, 1.165) is 50.0 Å². The first-order valence-corrected chi connectivity index (χ1v) is 20.8. The van der Waals surface area contributed by atoms with Gasteiger partial charge in [0.15, 0.2) is 0 Å². The van der Waals surface area contributed by atoms with Crippen molar-refractivity contribution in [1.29, 1.82) is 0 Å². The molecule has 45 heavy (non-hydrogen) atoms. The zero-order chi connectivity index (χ0) is 31.7. The van der Waals surface area contributed by atoms with Gasteiger partial charge in [0.05, 0.1) is 0 Å². The fourth-order valence-corrected chi connectivity index (χ4v) is 15.3. The van der Waals surface area contributed by atoms with Gasteiger partial charge in [0, 0.05) is 18.4 Å². The Hall–Kier alpha value is -1.97. The van der Waals surface area contributed by atoms with Crippen LogP contribution < -0.4 is 10.4 Å². The van der Waals surface area contributed by atoms with E-state index in [1.807, 2.05) is 0 Å². The van der Waals surface area contributed by atoms with Crippen LogP contribution in [0.15, 0.2) is 72.3 Å². The van der Waals surface area contributed by atoms with Gasteiger partial charge in [0.25, 0.3) is 8.32 Å². The van der Waals surface area contributed by atoms with Crippen molar-refractivity contribution in [2.45, 2.75) is 130 Å². The highest BCUT2D eigenvalue weighted by molar-refractivity contribution is 6.97. The molecule has 4 aliphatic rings. The van der Waals surface area contributed by atoms with Gasteiger partial charge in [-0.3, -0.25) is 4.79 Å². The van der Waals surface area contributed by atoms with E-state index < -0.39 is 8.32 Å². The number of carbonyl (C=O) groups excluding carboxylic acids is 1. The molecule has 0 bridgehead atoms. The van der Waals surface area contributed by atoms with Crippen molar-refractivity contribution >= 4 is 24.5 Å². The van der Waals surface area contributed by atoms with Crippen LogP contribution in [0.25, 0.3) is 0 Å². The molecule has 2 aromatic rings. The molecule has 0 aromatic heterocycles. The summed E-state index contributed by atoms with van der Waals surface area (Å²) in [4.78, 5) is 13.5. The van der Waals surface area contributed by atoms with Gasteiger partial charge in [-0.15, -0.1) is 0 Å². The smallest absolute Gasteiger partial charge is 0.256 e. The molecule has 244 valence electrons. The van der Waals surface area contributed by atoms with Gasteiger partial charge >= 0.3 is 0 Å². The third kappa shape index (κ3) is 6.22. The first kappa shape index (κ1) is 32.9. The van der Waals surface area contributed by atoms with E-state index in [9.17, 15) is 4.79 Å². The summed E-state index contributed by atoms with van der Waals surface area (Å²) in [5, 5.41) is 2.86. The first-order chi connectivity index (χ1) is 21.7. The Morgan fingerprint density at radius 3 is 2.22 bits per heavy atom. The number of unbranched alkanes of at least 4 members (excludes halogenated alkanes) is 1. The molecule has 2 nitrogen and oxygen atoms in total. The van der Waals surface area contributed by atoms with E-state index in [1.165, 1.54) is 61.7 Å². The Morgan fingerprint density at radius 1 is 0.889 bits per heavy atom. The summed E-state index contributed by atoms with van der Waals surface area (Å²) < 4.78 is 7.62. The number of Topliss-reactive ketones (excluding diaryl/α,β-unsaturated/α-hetero) is 1. The lowest BCUT2D eigenvalue weighted by Crippen LogP contribution is -2.62. The van der Waals surface area contributed by atoms with Crippen LogP contribution >= 0.6 is 0 Å². The lowest BCUT2D eigenvalue weighted by atomic mass is 9.47. The van der Waals surface area contributed by atoms with Crippen molar-refractivity contribution in [3.8, 4) is 0 Å². The van der Waals surface area contributed by atoms with Gasteiger partial charge < -0.3 is 4.43 Å². The van der Waals surface area contributed by atoms with Gasteiger partial charge in [0.2, 0.25) is 0 Å². The number of hydrogen-bond acceptors (Lipinski definition) is 2. The molecule has 3 heteroatoms. The minimum absolute atomic E-state index is 0.216. The molecule has 0 radical (unpaired) electrons. The number of rotatable bonds is 12. The minimum atomic E-state index is -2.39. The van der Waals surface area contributed by atoms with Crippen LogP contribution in [0.5, 0.6) is 0 Å². The van der Waals surface area contributed by atoms with Crippen LogP contribution in [-0.2, 0) is 9.22 Å². The lowest BCUT2D eigenvalue weighted by molar-refractivity contribution is -0.129. The Balaban J connectivity index is 1.21. The summed E-state index contributed by atoms with van der Waals surface area (Å²) in [6.45, 7) is 12.0. The molecule has 0 aliphatic heterocycles. The van der Waals surface area contributed by atoms with E-state index in [1.54, 1.807) is 5.57 Å². The fraction of sp³-hybridized carbons (Fsp3) is 0.643. The summed E-state index contributed by atoms with van der Waals surface area (Å²) in [6, 6.07) is 23.6. The molecule has 7 atom stereocenters. The number of benzene rings is 2. The van der Waals surface area contributed by atoms with Gasteiger partial charge in [-0.2, -0.15) is 0 Å². The molecular weight excluding hydrogens is 565 g/mol. The average Bonchev–Trinajstić information content (AvgIpc) is 3.41. The summed E-state index contributed by atoms with van der Waals surface area (Å²) in [7, 11) is -2.39. The van der Waals surface area contributed by atoms with Crippen molar-refractivity contribution in [1.82, 2.24) is 0 Å². The topological polar surface area (TPSA) is 26.3 Å². The van der Waals surface area contributed by atoms with E-state index in [0.29, 0.717) is 23.5 Å². The number of hydrogen-bond donors (Lipinski definition) is 0. The number of fused-ring (bicyclic) bond motifs is 5. The normalized spacial score (nSPS) is 32.8. The zero-order valence-corrected chi connectivity index (χ0v) is 30.0. The van der Waals surface area contributed by atoms with Crippen LogP contribution in [-0.4, -0.2) is 20.2 Å². The average molecular weight is 625 g/mol. The van der Waals surface area contributed by atoms with Gasteiger partial charge in [0.1, 0.15) is 5.78 Å². The molecule has 0 spiro atoms. The summed E-state index contributed by atoms with van der Waals surface area (Å²) in [6.07, 6.45) is 18.1. The van der Waals surface area contributed by atoms with Crippen molar-refractivity contribution < 1.29 is 9.22 Å². The summed E-state index contributed by atoms with van der Waals surface area (Å²) in [5.74, 6) is 3.80. The molecule has 0 saturated heterocycles. The largest absolute Gasteiger partial charge is 0.405 e. The maximum atomic E-state index is 13.5. The second-order valence-corrected chi connectivity index (χ2v) is 19.9. The summed E-state index contributed by atoms with van der Waals surface area (Å²) >= 11 is 0. The highest BCUT2D eigenvalue weighted by Crippen LogP contribution is 2.66. The van der Waals surface area contributed by atoms with E-state index in [2.05, 4.69) is 101 Å². The Morgan fingerprint density at radius 2 is 1.58 bits per heavy atom. The zero-order valence-electron chi connectivity index (χ0n) is 29.0. The van der Waals surface area contributed by atoms with Crippen LogP contribution in [0.1, 0.15) is 118 Å². The van der Waals surface area contributed by atoms with Crippen molar-refractivity contribution in [2.24, 2.45) is 40.4 Å². The molecule has 0 heterocycles. The Kier molecular flexibility index (Phi) is 9.98. The van der Waals surface area contributed by atoms with Gasteiger partial charge in [-0.05, 0) is 109 Å². The monoisotopic (exact) mass is 624 g/mol. The molecular formula is C42H60O2Si. The molecule has 4 aliphatic carbocycles. The number of carbonyl (C=O) groups is 1. The van der Waals surface area contributed by atoms with E-state index >= 15 is 0 Å². The predicted molar refractivity (Wildman–Crippen MR) is 191 cm³/mol. The maximum absolute atomic E-state index is 13.5. The summed E-state index contributed by atoms with van der Waals surface area (Å²) in [5.41, 5.74) is 2.20. The standard InChI is InChI=1S/C42H60O2Si/c1-6-7-29-45(34-16-10-8-11-17-34,35-18-12-9-13-19-35)44-33-25-27-41(4)32(30-33)21-22-36-37-23-24-39(40(43)20-14-15-31(2)3)42(37,5)28-26-38(36)41/h8-13,16-19,21,31,33,36-39H,6-7,14-15,20,22-30H2,1-5H3/t33-,36-,37-,38-,39+,41-,42-/m0/s1. The molecule has 0 unspecified atom stereocenters. The molecule has 3 saturated carbocycles. The molecule has 0 N–H and O–H groups in total. The van der Waals surface area contributed by atoms with Crippen molar-refractivity contribution in [2.75, 3.05) is 0 Å². The maximum Gasteiger partial charge on any atom is 0.256 e. The minimum Gasteiger partial charge on any atom is -0.405 e. The number of ketones is 1. The second-order valence-electron chi connectivity index (χ2n) is 16.3. The van der Waals surface area contributed by atoms with E-state index in [-0.39, 0.29) is 16.9 Å². The van der Waals surface area contributed by atoms with E-state index in [4.69, 9.17) is 4.43 Å². The second kappa shape index (κ2) is 13.6. The van der Waals surface area contributed by atoms with Crippen molar-refractivity contribution in [3.05, 3.63) is 72.3 Å². The quantitative estimate of drug-likeness (QED) is 0.174. The molecule has 2 aromatic carbocycles. The molecule has 0 amide bonds. The fourth-order valence-electron chi connectivity index (χ4n) is 10.9. The van der Waals surface area contributed by atoms with Gasteiger partial charge in [-0.25, -0.2) is 0 Å². The SMILES string of the molecule is CCCC[Si](O[C@H]1CC[C@@]2(C)C(=CC[C@H]3[C@@H]4CC[C@H](C(=O)CCCC(C)C)[C@@]4(C)CC[C@@H]32)C1)(c1ccccc1)c1ccccc1. The third-order valence-corrected chi connectivity index (χ3v) is 17.7.